The van der Waals surface area contributed by atoms with E-state index in [9.17, 15) is 15.3 Å². The summed E-state index contributed by atoms with van der Waals surface area (Å²) in [5.74, 6) is 1.67. The van der Waals surface area contributed by atoms with Crippen molar-refractivity contribution in [3.05, 3.63) is 29.3 Å². The smallest absolute Gasteiger partial charge is 0.119 e. The largest absolute Gasteiger partial charge is 0.494 e. The lowest BCUT2D eigenvalue weighted by Crippen LogP contribution is -2.46. The fourth-order valence-electron chi connectivity index (χ4n) is 6.04. The third-order valence-electron chi connectivity index (χ3n) is 7.48. The lowest BCUT2D eigenvalue weighted by Gasteiger charge is -2.50. The van der Waals surface area contributed by atoms with Crippen molar-refractivity contribution in [2.24, 2.45) is 17.3 Å². The van der Waals surface area contributed by atoms with Crippen LogP contribution in [0.15, 0.2) is 18.2 Å². The molecule has 2 saturated carbocycles. The van der Waals surface area contributed by atoms with E-state index in [1.54, 1.807) is 0 Å². The molecule has 144 valence electrons. The van der Waals surface area contributed by atoms with Gasteiger partial charge in [-0.3, -0.25) is 0 Å². The first-order valence-corrected chi connectivity index (χ1v) is 10.3. The average Bonchev–Trinajstić information content (AvgIpc) is 2.82. The molecule has 2 unspecified atom stereocenters. The van der Waals surface area contributed by atoms with Gasteiger partial charge in [-0.2, -0.15) is 0 Å². The van der Waals surface area contributed by atoms with Crippen LogP contribution in [0.3, 0.4) is 0 Å². The van der Waals surface area contributed by atoms with Crippen LogP contribution in [0.5, 0.6) is 5.75 Å². The van der Waals surface area contributed by atoms with Crippen molar-refractivity contribution in [3.63, 3.8) is 0 Å². The van der Waals surface area contributed by atoms with Crippen LogP contribution in [0.1, 0.15) is 63.0 Å². The number of unbranched alkanes of at least 4 members (excludes halogenated alkanes) is 1. The van der Waals surface area contributed by atoms with Crippen LogP contribution in [0.25, 0.3) is 0 Å². The Kier molecular flexibility index (Phi) is 4.79. The van der Waals surface area contributed by atoms with Crippen LogP contribution < -0.4 is 4.74 Å². The highest BCUT2D eigenvalue weighted by molar-refractivity contribution is 5.41. The minimum atomic E-state index is -1.01. The summed E-state index contributed by atoms with van der Waals surface area (Å²) in [5.41, 5.74) is 2.38. The summed E-state index contributed by atoms with van der Waals surface area (Å²) < 4.78 is 5.87. The van der Waals surface area contributed by atoms with E-state index in [-0.39, 0.29) is 11.3 Å². The highest BCUT2D eigenvalue weighted by Gasteiger charge is 2.62. The highest BCUT2D eigenvalue weighted by atomic mass is 16.5. The van der Waals surface area contributed by atoms with Crippen molar-refractivity contribution in [2.45, 2.75) is 76.6 Å². The van der Waals surface area contributed by atoms with Gasteiger partial charge in [0.05, 0.1) is 18.8 Å². The van der Waals surface area contributed by atoms with Gasteiger partial charge in [-0.15, -0.1) is 0 Å². The van der Waals surface area contributed by atoms with Crippen LogP contribution >= 0.6 is 0 Å². The number of aliphatic hydroxyl groups excluding tert-OH is 3. The lowest BCUT2D eigenvalue weighted by atomic mass is 9.55. The van der Waals surface area contributed by atoms with Crippen LogP contribution in [0.2, 0.25) is 0 Å². The van der Waals surface area contributed by atoms with Gasteiger partial charge in [0.1, 0.15) is 11.9 Å². The van der Waals surface area contributed by atoms with Gasteiger partial charge in [0.25, 0.3) is 0 Å². The third-order valence-corrected chi connectivity index (χ3v) is 7.48. The molecule has 2 fully saturated rings. The summed E-state index contributed by atoms with van der Waals surface area (Å²) in [5, 5.41) is 31.4. The Balaban J connectivity index is 1.58. The number of ether oxygens (including phenoxy) is 1. The molecule has 0 heterocycles. The quantitative estimate of drug-likeness (QED) is 0.722. The van der Waals surface area contributed by atoms with Gasteiger partial charge >= 0.3 is 0 Å². The van der Waals surface area contributed by atoms with Crippen LogP contribution in [-0.4, -0.2) is 40.2 Å². The predicted octanol–water partition coefficient (Wildman–Crippen LogP) is 3.02. The van der Waals surface area contributed by atoms with Crippen molar-refractivity contribution in [1.82, 2.24) is 0 Å². The van der Waals surface area contributed by atoms with E-state index in [0.717, 1.165) is 50.9 Å². The van der Waals surface area contributed by atoms with E-state index in [0.29, 0.717) is 11.8 Å². The van der Waals surface area contributed by atoms with Crippen LogP contribution in [0, 0.1) is 17.3 Å². The molecule has 0 amide bonds. The van der Waals surface area contributed by atoms with Gasteiger partial charge in [-0.25, -0.2) is 0 Å². The van der Waals surface area contributed by atoms with Gasteiger partial charge in [-0.05, 0) is 73.1 Å². The normalized spacial score (nSPS) is 41.3. The number of rotatable bonds is 4. The van der Waals surface area contributed by atoms with Crippen molar-refractivity contribution in [1.29, 1.82) is 0 Å². The second-order valence-electron chi connectivity index (χ2n) is 8.87. The first-order chi connectivity index (χ1) is 12.5. The summed E-state index contributed by atoms with van der Waals surface area (Å²) in [6.45, 7) is 4.99. The molecule has 4 rings (SSSR count). The minimum Gasteiger partial charge on any atom is -0.494 e. The number of hydrogen-bond acceptors (Lipinski definition) is 4. The predicted molar refractivity (Wildman–Crippen MR) is 100 cm³/mol. The topological polar surface area (TPSA) is 69.9 Å². The molecule has 3 N–H and O–H groups in total. The minimum absolute atomic E-state index is 0.0279. The SMILES string of the molecule is CCCCOc1ccc2c(c1)CCC1C2CC[C@@]2(C)[C@H]1[C@@H](O)[C@@H](O)[C@@H]2O. The Hall–Kier alpha value is -1.10. The van der Waals surface area contributed by atoms with Gasteiger partial charge in [0.2, 0.25) is 0 Å². The zero-order valence-corrected chi connectivity index (χ0v) is 15.9. The maximum absolute atomic E-state index is 10.6. The summed E-state index contributed by atoms with van der Waals surface area (Å²) in [6, 6.07) is 6.49. The highest BCUT2D eigenvalue weighted by Crippen LogP contribution is 2.60. The fraction of sp³-hybridized carbons (Fsp3) is 0.727. The van der Waals surface area contributed by atoms with Crippen molar-refractivity contribution >= 4 is 0 Å². The van der Waals surface area contributed by atoms with Crippen LogP contribution in [-0.2, 0) is 6.42 Å². The molecule has 0 aromatic heterocycles. The molecule has 0 saturated heterocycles. The number of fused-ring (bicyclic) bond motifs is 5. The molecular formula is C22H32O4. The van der Waals surface area contributed by atoms with E-state index in [1.807, 2.05) is 0 Å². The first-order valence-electron chi connectivity index (χ1n) is 10.3. The van der Waals surface area contributed by atoms with E-state index < -0.39 is 18.3 Å². The molecule has 1 aromatic carbocycles. The molecule has 0 aliphatic heterocycles. The summed E-state index contributed by atoms with van der Waals surface area (Å²) in [7, 11) is 0. The molecule has 0 bridgehead atoms. The average molecular weight is 360 g/mol. The molecule has 26 heavy (non-hydrogen) atoms. The monoisotopic (exact) mass is 360 g/mol. The Morgan fingerprint density at radius 1 is 1.15 bits per heavy atom. The number of aliphatic hydroxyl groups is 3. The molecule has 3 aliphatic rings. The fourth-order valence-corrected chi connectivity index (χ4v) is 6.04. The molecule has 0 spiro atoms. The molecule has 7 atom stereocenters. The summed E-state index contributed by atoms with van der Waals surface area (Å²) in [4.78, 5) is 0. The Morgan fingerprint density at radius 2 is 1.96 bits per heavy atom. The Labute approximate surface area is 156 Å². The third kappa shape index (κ3) is 2.69. The zero-order valence-electron chi connectivity index (χ0n) is 15.9. The van der Waals surface area contributed by atoms with Gasteiger partial charge in [0.15, 0.2) is 0 Å². The first kappa shape index (κ1) is 18.3. The second kappa shape index (κ2) is 6.81. The zero-order chi connectivity index (χ0) is 18.5. The van der Waals surface area contributed by atoms with E-state index in [1.165, 1.54) is 11.1 Å². The van der Waals surface area contributed by atoms with Crippen molar-refractivity contribution in [3.8, 4) is 5.75 Å². The lowest BCUT2D eigenvalue weighted by molar-refractivity contribution is -0.0505. The van der Waals surface area contributed by atoms with Crippen molar-refractivity contribution < 1.29 is 20.1 Å². The Morgan fingerprint density at radius 3 is 2.73 bits per heavy atom. The van der Waals surface area contributed by atoms with Gasteiger partial charge in [-0.1, -0.05) is 26.3 Å². The molecule has 4 nitrogen and oxygen atoms in total. The van der Waals surface area contributed by atoms with Crippen molar-refractivity contribution in [2.75, 3.05) is 6.61 Å². The molecule has 3 aliphatic carbocycles. The molecule has 4 heteroatoms. The Bertz CT molecular complexity index is 660. The maximum Gasteiger partial charge on any atom is 0.119 e. The van der Waals surface area contributed by atoms with E-state index in [2.05, 4.69) is 32.0 Å². The summed E-state index contributed by atoms with van der Waals surface area (Å²) >= 11 is 0. The second-order valence-corrected chi connectivity index (χ2v) is 8.87. The van der Waals surface area contributed by atoms with E-state index >= 15 is 0 Å². The maximum atomic E-state index is 10.6. The number of hydrogen-bond donors (Lipinski definition) is 3. The van der Waals surface area contributed by atoms with E-state index in [4.69, 9.17) is 4.74 Å². The standard InChI is InChI=1S/C22H32O4/c1-3-4-11-26-14-6-8-15-13(12-14)5-7-17-16(15)9-10-22(2)18(17)19(23)20(24)21(22)25/h6,8,12,16-21,23-25H,3-5,7,9-11H2,1-2H3/t16?,17?,18-,19-,20-,21+,22+/m1/s1. The van der Waals surface area contributed by atoms with Gasteiger partial charge in [0, 0.05) is 5.41 Å². The van der Waals surface area contributed by atoms with Crippen LogP contribution in [0.4, 0.5) is 0 Å². The molecule has 1 aromatic rings. The molecule has 0 radical (unpaired) electrons. The molecular weight excluding hydrogens is 328 g/mol. The number of benzene rings is 1. The van der Waals surface area contributed by atoms with Gasteiger partial charge < -0.3 is 20.1 Å². The summed E-state index contributed by atoms with van der Waals surface area (Å²) in [6.07, 6.45) is 3.40. The number of aryl methyl sites for hydroxylation is 1.